The molecule has 1 atom stereocenters. The Labute approximate surface area is 179 Å². The first kappa shape index (κ1) is 18.9. The van der Waals surface area contributed by atoms with Gasteiger partial charge in [-0.3, -0.25) is 9.59 Å². The molecule has 0 radical (unpaired) electrons. The van der Waals surface area contributed by atoms with Crippen LogP contribution in [-0.4, -0.2) is 28.1 Å². The maximum Gasteiger partial charge on any atom is 0.242 e. The van der Waals surface area contributed by atoms with E-state index in [0.29, 0.717) is 28.5 Å². The number of nitrogens with one attached hydrogen (secondary N) is 1. The zero-order valence-electron chi connectivity index (χ0n) is 17.0. The molecule has 0 bridgehead atoms. The van der Waals surface area contributed by atoms with Gasteiger partial charge in [-0.05, 0) is 56.2 Å². The molecule has 1 N–H and O–H groups in total. The van der Waals surface area contributed by atoms with E-state index in [1.165, 1.54) is 5.56 Å². The van der Waals surface area contributed by atoms with Crippen LogP contribution in [0.4, 0.5) is 11.5 Å². The number of carbonyl (C=O) groups is 2. The van der Waals surface area contributed by atoms with Gasteiger partial charge in [-0.15, -0.1) is 0 Å². The highest BCUT2D eigenvalue weighted by Crippen LogP contribution is 2.54. The number of nitrogens with zero attached hydrogens (tertiary/aromatic N) is 3. The van der Waals surface area contributed by atoms with Crippen molar-refractivity contribution in [3.8, 4) is 5.69 Å². The summed E-state index contributed by atoms with van der Waals surface area (Å²) in [5, 5.41) is 7.99. The van der Waals surface area contributed by atoms with Gasteiger partial charge in [-0.2, -0.15) is 5.10 Å². The van der Waals surface area contributed by atoms with Crippen molar-refractivity contribution < 1.29 is 9.59 Å². The molecule has 30 heavy (non-hydrogen) atoms. The van der Waals surface area contributed by atoms with Crippen molar-refractivity contribution >= 4 is 34.9 Å². The largest absolute Gasteiger partial charge is 0.311 e. The van der Waals surface area contributed by atoms with Crippen molar-refractivity contribution in [3.05, 3.63) is 69.9 Å². The molecule has 0 unspecified atom stereocenters. The lowest BCUT2D eigenvalue weighted by Gasteiger charge is -2.32. The Bertz CT molecular complexity index is 1230. The van der Waals surface area contributed by atoms with Gasteiger partial charge in [-0.25, -0.2) is 4.68 Å². The number of carbonyl (C=O) groups excluding carboxylic acids is 2. The fraction of sp³-hybridized carbons (Fsp3) is 0.261. The number of benzene rings is 2. The summed E-state index contributed by atoms with van der Waals surface area (Å²) in [6.07, 6.45) is 1.69. The van der Waals surface area contributed by atoms with Crippen molar-refractivity contribution in [2.75, 3.05) is 16.8 Å². The molecule has 152 valence electrons. The average Bonchev–Trinajstić information content (AvgIpc) is 3.23. The predicted molar refractivity (Wildman–Crippen MR) is 117 cm³/mol. The molecule has 0 aliphatic carbocycles. The van der Waals surface area contributed by atoms with E-state index in [1.807, 2.05) is 51.1 Å². The zero-order chi connectivity index (χ0) is 21.2. The molecule has 0 fully saturated rings. The molecule has 0 saturated carbocycles. The summed E-state index contributed by atoms with van der Waals surface area (Å²) in [7, 11) is 0. The summed E-state index contributed by atoms with van der Waals surface area (Å²) < 4.78 is 1.69. The van der Waals surface area contributed by atoms with Crippen molar-refractivity contribution in [1.82, 2.24) is 9.78 Å². The normalized spacial score (nSPS) is 19.8. The first-order chi connectivity index (χ1) is 14.4. The van der Waals surface area contributed by atoms with E-state index in [1.54, 1.807) is 21.8 Å². The Morgan fingerprint density at radius 2 is 1.97 bits per heavy atom. The Morgan fingerprint density at radius 1 is 1.17 bits per heavy atom. The predicted octanol–water partition coefficient (Wildman–Crippen LogP) is 4.14. The molecule has 2 aromatic carbocycles. The number of anilines is 2. The van der Waals surface area contributed by atoms with Crippen LogP contribution in [0.3, 0.4) is 0 Å². The number of rotatable bonds is 2. The quantitative estimate of drug-likeness (QED) is 0.677. The van der Waals surface area contributed by atoms with E-state index in [0.717, 1.165) is 16.9 Å². The Morgan fingerprint density at radius 3 is 2.70 bits per heavy atom. The Kier molecular flexibility index (Phi) is 4.05. The molecule has 5 rings (SSSR count). The van der Waals surface area contributed by atoms with E-state index in [9.17, 15) is 9.59 Å². The Hall–Kier alpha value is -3.12. The summed E-state index contributed by atoms with van der Waals surface area (Å²) in [5.41, 5.74) is 4.08. The second kappa shape index (κ2) is 6.44. The van der Waals surface area contributed by atoms with Crippen molar-refractivity contribution in [2.45, 2.75) is 32.6 Å². The van der Waals surface area contributed by atoms with Gasteiger partial charge in [0.2, 0.25) is 11.8 Å². The molecule has 3 heterocycles. The van der Waals surface area contributed by atoms with Gasteiger partial charge in [0.05, 0.1) is 11.9 Å². The molecule has 7 heteroatoms. The number of amides is 2. The minimum Gasteiger partial charge on any atom is -0.311 e. The number of hydrogen-bond acceptors (Lipinski definition) is 3. The van der Waals surface area contributed by atoms with Crippen molar-refractivity contribution in [2.24, 2.45) is 0 Å². The van der Waals surface area contributed by atoms with Crippen LogP contribution in [0, 0.1) is 13.8 Å². The fourth-order valence-corrected chi connectivity index (χ4v) is 5.01. The van der Waals surface area contributed by atoms with Crippen LogP contribution in [0.2, 0.25) is 5.02 Å². The van der Waals surface area contributed by atoms with Crippen LogP contribution in [0.25, 0.3) is 5.69 Å². The van der Waals surface area contributed by atoms with Crippen LogP contribution >= 0.6 is 11.6 Å². The van der Waals surface area contributed by atoms with E-state index in [4.69, 9.17) is 11.6 Å². The molecule has 2 amide bonds. The van der Waals surface area contributed by atoms with Gasteiger partial charge in [0.1, 0.15) is 11.2 Å². The zero-order valence-corrected chi connectivity index (χ0v) is 17.7. The molecule has 1 aromatic heterocycles. The molecule has 1 spiro atoms. The standard InChI is InChI=1S/C23H21ClN4O2/c1-4-27-18-7-5-6-17(24)20(18)23(22(27)30)11-19(29)26-21-16(23)12-25-28(21)15-9-8-13(2)14(3)10-15/h5-10,12H,4,11H2,1-3H3,(H,26,29)/t23-/m0/s1. The fourth-order valence-electron chi connectivity index (χ4n) is 4.68. The lowest BCUT2D eigenvalue weighted by atomic mass is 9.71. The number of likely N-dealkylation sites (N-methyl/N-ethyl adjacent to an activating group) is 1. The van der Waals surface area contributed by atoms with Gasteiger partial charge in [0.25, 0.3) is 0 Å². The van der Waals surface area contributed by atoms with Gasteiger partial charge in [0, 0.05) is 34.8 Å². The number of halogens is 1. The average molecular weight is 421 g/mol. The van der Waals surface area contributed by atoms with E-state index < -0.39 is 5.41 Å². The highest BCUT2D eigenvalue weighted by atomic mass is 35.5. The van der Waals surface area contributed by atoms with Gasteiger partial charge < -0.3 is 10.2 Å². The van der Waals surface area contributed by atoms with Crippen LogP contribution in [-0.2, 0) is 15.0 Å². The summed E-state index contributed by atoms with van der Waals surface area (Å²) in [4.78, 5) is 28.3. The first-order valence-corrected chi connectivity index (χ1v) is 10.3. The second-order valence-electron chi connectivity index (χ2n) is 7.90. The number of fused-ring (bicyclic) bond motifs is 4. The molecular weight excluding hydrogens is 400 g/mol. The van der Waals surface area contributed by atoms with Crippen LogP contribution in [0.15, 0.2) is 42.6 Å². The molecule has 3 aromatic rings. The number of hydrogen-bond donors (Lipinski definition) is 1. The van der Waals surface area contributed by atoms with E-state index >= 15 is 0 Å². The van der Waals surface area contributed by atoms with E-state index in [2.05, 4.69) is 10.4 Å². The lowest BCUT2D eigenvalue weighted by Crippen LogP contribution is -2.46. The molecule has 2 aliphatic heterocycles. The minimum absolute atomic E-state index is 0.00465. The van der Waals surface area contributed by atoms with Gasteiger partial charge in [0.15, 0.2) is 0 Å². The van der Waals surface area contributed by atoms with Crippen molar-refractivity contribution in [3.63, 3.8) is 0 Å². The maximum atomic E-state index is 13.7. The molecule has 0 saturated heterocycles. The topological polar surface area (TPSA) is 67.2 Å². The summed E-state index contributed by atoms with van der Waals surface area (Å²) in [5.74, 6) is 0.153. The van der Waals surface area contributed by atoms with Gasteiger partial charge in [-0.1, -0.05) is 23.7 Å². The maximum absolute atomic E-state index is 13.7. The highest BCUT2D eigenvalue weighted by molar-refractivity contribution is 6.33. The summed E-state index contributed by atoms with van der Waals surface area (Å²) >= 11 is 6.62. The van der Waals surface area contributed by atoms with Crippen LogP contribution in [0.1, 0.15) is 35.6 Å². The number of aromatic nitrogens is 2. The smallest absolute Gasteiger partial charge is 0.242 e. The second-order valence-corrected chi connectivity index (χ2v) is 8.31. The SMILES string of the molecule is CCN1C(=O)[C@]2(CC(=O)Nc3c2cnn3-c2ccc(C)c(C)c2)c2c(Cl)cccc21. The molecule has 2 aliphatic rings. The Balaban J connectivity index is 1.79. The minimum atomic E-state index is -1.17. The summed E-state index contributed by atoms with van der Waals surface area (Å²) in [6.45, 7) is 6.49. The van der Waals surface area contributed by atoms with Crippen molar-refractivity contribution in [1.29, 1.82) is 0 Å². The van der Waals surface area contributed by atoms with Gasteiger partial charge >= 0.3 is 0 Å². The third-order valence-electron chi connectivity index (χ3n) is 6.28. The van der Waals surface area contributed by atoms with Crippen LogP contribution in [0.5, 0.6) is 0 Å². The third-order valence-corrected chi connectivity index (χ3v) is 6.60. The lowest BCUT2D eigenvalue weighted by molar-refractivity contribution is -0.126. The third kappa shape index (κ3) is 2.34. The molecule has 6 nitrogen and oxygen atoms in total. The number of aryl methyl sites for hydroxylation is 2. The van der Waals surface area contributed by atoms with E-state index in [-0.39, 0.29) is 18.2 Å². The van der Waals surface area contributed by atoms with Crippen LogP contribution < -0.4 is 10.2 Å². The summed E-state index contributed by atoms with van der Waals surface area (Å²) in [6, 6.07) is 11.5. The monoisotopic (exact) mass is 420 g/mol. The highest BCUT2D eigenvalue weighted by Gasteiger charge is 2.57. The molecular formula is C23H21ClN4O2. The first-order valence-electron chi connectivity index (χ1n) is 9.95.